The number of piperidine rings is 1. The van der Waals surface area contributed by atoms with E-state index in [0.29, 0.717) is 31.1 Å². The Morgan fingerprint density at radius 2 is 1.96 bits per heavy atom. The van der Waals surface area contributed by atoms with Crippen LogP contribution in [0.2, 0.25) is 0 Å². The zero-order valence-electron chi connectivity index (χ0n) is 13.7. The lowest BCUT2D eigenvalue weighted by Gasteiger charge is -2.32. The van der Waals surface area contributed by atoms with E-state index >= 15 is 0 Å². The molecular formula is C18H21N3O3. The third-order valence-corrected chi connectivity index (χ3v) is 3.98. The quantitative estimate of drug-likeness (QED) is 0.844. The molecule has 1 aromatic carbocycles. The Bertz CT molecular complexity index is 653. The Morgan fingerprint density at radius 1 is 1.21 bits per heavy atom. The second-order valence-corrected chi connectivity index (χ2v) is 5.61. The molecule has 0 atom stereocenters. The zero-order valence-corrected chi connectivity index (χ0v) is 13.7. The molecule has 6 nitrogen and oxygen atoms in total. The maximum atomic E-state index is 12.6. The number of benzene rings is 1. The molecule has 126 valence electrons. The minimum absolute atomic E-state index is 0.0542. The first-order valence-electron chi connectivity index (χ1n) is 8.21. The van der Waals surface area contributed by atoms with E-state index in [-0.39, 0.29) is 12.0 Å². The summed E-state index contributed by atoms with van der Waals surface area (Å²) in [5.74, 6) is 1.42. The van der Waals surface area contributed by atoms with E-state index in [1.807, 2.05) is 36.1 Å². The summed E-state index contributed by atoms with van der Waals surface area (Å²) in [6, 6.07) is 9.05. The van der Waals surface area contributed by atoms with E-state index in [1.165, 1.54) is 6.33 Å². The summed E-state index contributed by atoms with van der Waals surface area (Å²) in [6.45, 7) is 3.92. The molecule has 1 amide bonds. The molecule has 0 spiro atoms. The van der Waals surface area contributed by atoms with Crippen LogP contribution in [0.5, 0.6) is 11.6 Å². The van der Waals surface area contributed by atoms with Crippen molar-refractivity contribution in [3.63, 3.8) is 0 Å². The molecule has 2 aromatic rings. The molecule has 2 heterocycles. The van der Waals surface area contributed by atoms with Crippen LogP contribution in [-0.2, 0) is 0 Å². The molecule has 1 aliphatic rings. The number of rotatable bonds is 5. The summed E-state index contributed by atoms with van der Waals surface area (Å²) >= 11 is 0. The molecule has 0 unspecified atom stereocenters. The number of amides is 1. The number of carbonyl (C=O) groups is 1. The van der Waals surface area contributed by atoms with Crippen LogP contribution in [0.4, 0.5) is 0 Å². The number of ether oxygens (including phenoxy) is 2. The smallest absolute Gasteiger partial charge is 0.253 e. The van der Waals surface area contributed by atoms with Gasteiger partial charge < -0.3 is 14.4 Å². The van der Waals surface area contributed by atoms with Crippen molar-refractivity contribution in [3.05, 3.63) is 48.4 Å². The van der Waals surface area contributed by atoms with Gasteiger partial charge in [0, 0.05) is 43.8 Å². The summed E-state index contributed by atoms with van der Waals surface area (Å²) in [5.41, 5.74) is 0.689. The van der Waals surface area contributed by atoms with Crippen molar-refractivity contribution in [2.24, 2.45) is 0 Å². The van der Waals surface area contributed by atoms with E-state index in [0.717, 1.165) is 18.6 Å². The van der Waals surface area contributed by atoms with Crippen LogP contribution < -0.4 is 9.47 Å². The Hall–Kier alpha value is -2.63. The number of hydrogen-bond acceptors (Lipinski definition) is 5. The summed E-state index contributed by atoms with van der Waals surface area (Å²) < 4.78 is 11.2. The first-order valence-corrected chi connectivity index (χ1v) is 8.21. The van der Waals surface area contributed by atoms with Gasteiger partial charge in [-0.05, 0) is 31.2 Å². The lowest BCUT2D eigenvalue weighted by atomic mass is 10.1. The number of carbonyl (C=O) groups excluding carboxylic acids is 1. The van der Waals surface area contributed by atoms with Crippen LogP contribution >= 0.6 is 0 Å². The Kier molecular flexibility index (Phi) is 5.25. The second-order valence-electron chi connectivity index (χ2n) is 5.61. The number of aromatic nitrogens is 2. The van der Waals surface area contributed by atoms with Crippen LogP contribution in [0.25, 0.3) is 0 Å². The maximum Gasteiger partial charge on any atom is 0.253 e. The molecule has 1 saturated heterocycles. The van der Waals surface area contributed by atoms with Crippen molar-refractivity contribution in [1.82, 2.24) is 14.9 Å². The van der Waals surface area contributed by atoms with Crippen LogP contribution in [-0.4, -0.2) is 46.6 Å². The van der Waals surface area contributed by atoms with Crippen molar-refractivity contribution >= 4 is 5.91 Å². The van der Waals surface area contributed by atoms with Crippen LogP contribution in [0, 0.1) is 0 Å². The fourth-order valence-electron chi connectivity index (χ4n) is 2.74. The van der Waals surface area contributed by atoms with Gasteiger partial charge in [-0.3, -0.25) is 4.79 Å². The van der Waals surface area contributed by atoms with E-state index in [9.17, 15) is 4.79 Å². The average molecular weight is 327 g/mol. The van der Waals surface area contributed by atoms with Gasteiger partial charge in [-0.15, -0.1) is 0 Å². The summed E-state index contributed by atoms with van der Waals surface area (Å²) in [5, 5.41) is 0. The van der Waals surface area contributed by atoms with Gasteiger partial charge in [0.25, 0.3) is 5.91 Å². The minimum Gasteiger partial charge on any atom is -0.494 e. The van der Waals surface area contributed by atoms with E-state index < -0.39 is 0 Å². The van der Waals surface area contributed by atoms with Gasteiger partial charge in [0.05, 0.1) is 6.61 Å². The van der Waals surface area contributed by atoms with Crippen molar-refractivity contribution in [1.29, 1.82) is 0 Å². The molecule has 3 rings (SSSR count). The second kappa shape index (κ2) is 7.77. The van der Waals surface area contributed by atoms with Gasteiger partial charge in [-0.25, -0.2) is 9.97 Å². The van der Waals surface area contributed by atoms with E-state index in [1.54, 1.807) is 12.3 Å². The van der Waals surface area contributed by atoms with Crippen molar-refractivity contribution in [2.45, 2.75) is 25.9 Å². The summed E-state index contributed by atoms with van der Waals surface area (Å²) in [7, 11) is 0. The Labute approximate surface area is 141 Å². The van der Waals surface area contributed by atoms with Crippen molar-refractivity contribution in [3.8, 4) is 11.6 Å². The standard InChI is InChI=1S/C18H21N3O3/c1-2-23-15-5-3-14(4-6-15)18(22)21-11-8-16(9-12-21)24-17-7-10-19-13-20-17/h3-7,10,13,16H,2,8-9,11-12H2,1H3. The van der Waals surface area contributed by atoms with Crippen molar-refractivity contribution < 1.29 is 14.3 Å². The largest absolute Gasteiger partial charge is 0.494 e. The SMILES string of the molecule is CCOc1ccc(C(=O)N2CCC(Oc3ccncn3)CC2)cc1. The number of likely N-dealkylation sites (tertiary alicyclic amines) is 1. The predicted octanol–water partition coefficient (Wildman–Crippen LogP) is 2.56. The normalized spacial score (nSPS) is 15.1. The average Bonchev–Trinajstić information content (AvgIpc) is 2.64. The van der Waals surface area contributed by atoms with E-state index in [2.05, 4.69) is 9.97 Å². The third-order valence-electron chi connectivity index (χ3n) is 3.98. The zero-order chi connectivity index (χ0) is 16.8. The highest BCUT2D eigenvalue weighted by Crippen LogP contribution is 2.19. The lowest BCUT2D eigenvalue weighted by Crippen LogP contribution is -2.41. The van der Waals surface area contributed by atoms with Crippen LogP contribution in [0.1, 0.15) is 30.1 Å². The molecule has 1 fully saturated rings. The molecule has 0 radical (unpaired) electrons. The third kappa shape index (κ3) is 4.01. The van der Waals surface area contributed by atoms with Gasteiger partial charge in [0.1, 0.15) is 18.2 Å². The van der Waals surface area contributed by atoms with Crippen molar-refractivity contribution in [2.75, 3.05) is 19.7 Å². The fourth-order valence-corrected chi connectivity index (χ4v) is 2.74. The lowest BCUT2D eigenvalue weighted by molar-refractivity contribution is 0.0587. The molecule has 1 aliphatic heterocycles. The van der Waals surface area contributed by atoms with Crippen LogP contribution in [0.3, 0.4) is 0 Å². The molecular weight excluding hydrogens is 306 g/mol. The Morgan fingerprint density at radius 3 is 2.58 bits per heavy atom. The number of hydrogen-bond donors (Lipinski definition) is 0. The summed E-state index contributed by atoms with van der Waals surface area (Å²) in [6.07, 6.45) is 4.82. The topological polar surface area (TPSA) is 64.5 Å². The molecule has 0 aliphatic carbocycles. The van der Waals surface area contributed by atoms with Gasteiger partial charge >= 0.3 is 0 Å². The molecule has 1 aromatic heterocycles. The first-order chi connectivity index (χ1) is 11.8. The molecule has 0 N–H and O–H groups in total. The number of nitrogens with zero attached hydrogens (tertiary/aromatic N) is 3. The van der Waals surface area contributed by atoms with Gasteiger partial charge in [-0.2, -0.15) is 0 Å². The van der Waals surface area contributed by atoms with Gasteiger partial charge in [0.15, 0.2) is 0 Å². The maximum absolute atomic E-state index is 12.6. The molecule has 24 heavy (non-hydrogen) atoms. The van der Waals surface area contributed by atoms with Gasteiger partial charge in [-0.1, -0.05) is 0 Å². The van der Waals surface area contributed by atoms with E-state index in [4.69, 9.17) is 9.47 Å². The highest BCUT2D eigenvalue weighted by Gasteiger charge is 2.24. The highest BCUT2D eigenvalue weighted by molar-refractivity contribution is 5.94. The Balaban J connectivity index is 1.53. The molecule has 6 heteroatoms. The predicted molar refractivity (Wildman–Crippen MR) is 89.2 cm³/mol. The minimum atomic E-state index is 0.0542. The molecule has 0 bridgehead atoms. The molecule has 0 saturated carbocycles. The summed E-state index contributed by atoms with van der Waals surface area (Å²) in [4.78, 5) is 22.4. The first kappa shape index (κ1) is 16.2. The highest BCUT2D eigenvalue weighted by atomic mass is 16.5. The van der Waals surface area contributed by atoms with Crippen LogP contribution in [0.15, 0.2) is 42.9 Å². The monoisotopic (exact) mass is 327 g/mol. The van der Waals surface area contributed by atoms with Gasteiger partial charge in [0.2, 0.25) is 5.88 Å². The fraction of sp³-hybridized carbons (Fsp3) is 0.389.